The van der Waals surface area contributed by atoms with Gasteiger partial charge in [-0.25, -0.2) is 0 Å². The van der Waals surface area contributed by atoms with Crippen LogP contribution in [0.3, 0.4) is 0 Å². The van der Waals surface area contributed by atoms with E-state index in [1.165, 1.54) is 44.9 Å². The number of phenols is 1. The van der Waals surface area contributed by atoms with Crippen LogP contribution in [0.15, 0.2) is 48.6 Å². The van der Waals surface area contributed by atoms with Gasteiger partial charge in [0, 0.05) is 18.8 Å². The van der Waals surface area contributed by atoms with Crippen LogP contribution in [0.1, 0.15) is 83.3 Å². The van der Waals surface area contributed by atoms with E-state index in [9.17, 15) is 10.2 Å². The molecule has 164 valence electrons. The first-order chi connectivity index (χ1) is 14.2. The summed E-state index contributed by atoms with van der Waals surface area (Å²) in [5.74, 6) is 0.137. The van der Waals surface area contributed by atoms with Crippen LogP contribution in [0.4, 0.5) is 0 Å². The highest BCUT2D eigenvalue weighted by molar-refractivity contribution is 5.58. The normalized spacial score (nSPS) is 11.4. The third-order valence-electron chi connectivity index (χ3n) is 4.47. The quantitative estimate of drug-likeness (QED) is 0.256. The fraction of sp³-hybridized carbons (Fsp3) is 0.538. The van der Waals surface area contributed by atoms with Crippen LogP contribution in [-0.4, -0.2) is 23.4 Å². The van der Waals surface area contributed by atoms with Crippen molar-refractivity contribution in [1.82, 2.24) is 0 Å². The first kappa shape index (κ1) is 27.2. The fourth-order valence-electron chi connectivity index (χ4n) is 2.81. The molecule has 1 rings (SSSR count). The topological polar surface area (TPSA) is 49.7 Å². The minimum atomic E-state index is -0.158. The molecule has 0 heterocycles. The number of allylic oxidation sites excluding steroid dienone is 5. The van der Waals surface area contributed by atoms with Crippen molar-refractivity contribution in [2.45, 2.75) is 78.7 Å². The zero-order valence-corrected chi connectivity index (χ0v) is 18.8. The number of ether oxygens (including phenoxy) is 1. The zero-order valence-electron chi connectivity index (χ0n) is 18.8. The summed E-state index contributed by atoms with van der Waals surface area (Å²) in [6.07, 6.45) is 22.7. The largest absolute Gasteiger partial charge is 0.508 e. The van der Waals surface area contributed by atoms with Gasteiger partial charge in [0.05, 0.1) is 6.61 Å². The molecule has 1 aromatic carbocycles. The molecular formula is C26H42O3. The van der Waals surface area contributed by atoms with Crippen LogP contribution >= 0.6 is 0 Å². The Balaban J connectivity index is 0.00000139. The molecule has 2 N–H and O–H groups in total. The van der Waals surface area contributed by atoms with Crippen LogP contribution < -0.4 is 0 Å². The van der Waals surface area contributed by atoms with E-state index in [4.69, 9.17) is 4.74 Å². The van der Waals surface area contributed by atoms with Crippen molar-refractivity contribution in [2.75, 3.05) is 13.2 Å². The number of hydrogen-bond acceptors (Lipinski definition) is 3. The van der Waals surface area contributed by atoms with Crippen LogP contribution in [-0.2, 0) is 11.3 Å². The van der Waals surface area contributed by atoms with E-state index in [1.54, 1.807) is 12.1 Å². The number of rotatable bonds is 14. The Morgan fingerprint density at radius 3 is 2.10 bits per heavy atom. The average Bonchev–Trinajstić information content (AvgIpc) is 2.72. The predicted octanol–water partition coefficient (Wildman–Crippen LogP) is 7.19. The summed E-state index contributed by atoms with van der Waals surface area (Å²) in [4.78, 5) is 0. The van der Waals surface area contributed by atoms with E-state index in [-0.39, 0.29) is 12.4 Å². The van der Waals surface area contributed by atoms with Crippen LogP contribution in [0.25, 0.3) is 6.08 Å². The van der Waals surface area contributed by atoms with E-state index < -0.39 is 0 Å². The highest BCUT2D eigenvalue weighted by atomic mass is 16.5. The van der Waals surface area contributed by atoms with E-state index in [1.807, 2.05) is 44.2 Å². The molecular weight excluding hydrogens is 360 g/mol. The van der Waals surface area contributed by atoms with Crippen molar-refractivity contribution in [3.05, 3.63) is 59.7 Å². The molecule has 0 aliphatic heterocycles. The fourth-order valence-corrected chi connectivity index (χ4v) is 2.81. The third-order valence-corrected chi connectivity index (χ3v) is 4.47. The smallest absolute Gasteiger partial charge is 0.121 e. The first-order valence-corrected chi connectivity index (χ1v) is 11.2. The van der Waals surface area contributed by atoms with Crippen molar-refractivity contribution >= 4 is 6.08 Å². The van der Waals surface area contributed by atoms with Crippen LogP contribution in [0.5, 0.6) is 5.75 Å². The maximum atomic E-state index is 9.67. The minimum absolute atomic E-state index is 0.137. The molecule has 1 aromatic rings. The molecule has 3 heteroatoms. The highest BCUT2D eigenvalue weighted by Gasteiger charge is 2.02. The molecule has 0 aromatic heterocycles. The average molecular weight is 403 g/mol. The minimum Gasteiger partial charge on any atom is -0.508 e. The number of benzene rings is 1. The van der Waals surface area contributed by atoms with Gasteiger partial charge in [-0.3, -0.25) is 0 Å². The highest BCUT2D eigenvalue weighted by Crippen LogP contribution is 2.21. The van der Waals surface area contributed by atoms with Gasteiger partial charge in [-0.15, -0.1) is 0 Å². The van der Waals surface area contributed by atoms with Gasteiger partial charge in [-0.1, -0.05) is 94.0 Å². The van der Waals surface area contributed by atoms with Crippen molar-refractivity contribution in [3.8, 4) is 5.75 Å². The predicted molar refractivity (Wildman–Crippen MR) is 126 cm³/mol. The van der Waals surface area contributed by atoms with Gasteiger partial charge in [-0.05, 0) is 38.3 Å². The van der Waals surface area contributed by atoms with Crippen molar-refractivity contribution < 1.29 is 14.9 Å². The number of aliphatic hydroxyl groups excluding tert-OH is 1. The zero-order chi connectivity index (χ0) is 21.6. The molecule has 0 aliphatic rings. The van der Waals surface area contributed by atoms with Gasteiger partial charge in [-0.2, -0.15) is 0 Å². The number of aromatic hydroxyl groups is 1. The lowest BCUT2D eigenvalue weighted by atomic mass is 10.1. The summed E-state index contributed by atoms with van der Waals surface area (Å²) < 4.78 is 4.83. The lowest BCUT2D eigenvalue weighted by Crippen LogP contribution is -1.88. The molecule has 29 heavy (non-hydrogen) atoms. The summed E-state index contributed by atoms with van der Waals surface area (Å²) in [5.41, 5.74) is 1.41. The van der Waals surface area contributed by atoms with Gasteiger partial charge in [0.1, 0.15) is 5.75 Å². The Labute approximate surface area is 178 Å². The Hall–Kier alpha value is -1.84. The van der Waals surface area contributed by atoms with Gasteiger partial charge >= 0.3 is 0 Å². The summed E-state index contributed by atoms with van der Waals surface area (Å²) in [6, 6.07) is 5.25. The van der Waals surface area contributed by atoms with Gasteiger partial charge in [0.25, 0.3) is 0 Å². The number of unbranched alkanes of at least 4 members (excludes halogenated alkanes) is 7. The third kappa shape index (κ3) is 15.7. The molecule has 0 saturated carbocycles. The standard InChI is InChI=1S/C22H32O2.C4H10O/c1-2-3-4-5-6-7-8-9-10-11-12-13-14-16-20-17-15-18-22(24)21(20)19-23;1-3-5-4-2/h10-18,23-24H,2-9,19H2,1H3;3-4H2,1-2H3. The SMILES string of the molecule is CCCCCCCCCC=CC=CC=Cc1cccc(O)c1CO.CCOCC. The second-order valence-corrected chi connectivity index (χ2v) is 6.87. The first-order valence-electron chi connectivity index (χ1n) is 11.2. The second-order valence-electron chi connectivity index (χ2n) is 6.87. The molecule has 0 fully saturated rings. The molecule has 0 spiro atoms. The Morgan fingerprint density at radius 1 is 0.828 bits per heavy atom. The van der Waals surface area contributed by atoms with Gasteiger partial charge in [0.2, 0.25) is 0 Å². The molecule has 0 unspecified atom stereocenters. The lowest BCUT2D eigenvalue weighted by molar-refractivity contribution is 0.162. The van der Waals surface area contributed by atoms with E-state index >= 15 is 0 Å². The summed E-state index contributed by atoms with van der Waals surface area (Å²) in [5, 5.41) is 19.0. The summed E-state index contributed by atoms with van der Waals surface area (Å²) in [7, 11) is 0. The summed E-state index contributed by atoms with van der Waals surface area (Å²) in [6.45, 7) is 7.76. The molecule has 3 nitrogen and oxygen atoms in total. The summed E-state index contributed by atoms with van der Waals surface area (Å²) >= 11 is 0. The molecule has 0 aliphatic carbocycles. The van der Waals surface area contributed by atoms with Gasteiger partial charge in [0.15, 0.2) is 0 Å². The van der Waals surface area contributed by atoms with E-state index in [2.05, 4.69) is 19.1 Å². The second kappa shape index (κ2) is 20.9. The molecule has 0 radical (unpaired) electrons. The molecule has 0 bridgehead atoms. The maximum Gasteiger partial charge on any atom is 0.121 e. The monoisotopic (exact) mass is 402 g/mol. The molecule has 0 saturated heterocycles. The Bertz CT molecular complexity index is 571. The Morgan fingerprint density at radius 2 is 1.48 bits per heavy atom. The molecule has 0 atom stereocenters. The van der Waals surface area contributed by atoms with E-state index in [0.29, 0.717) is 5.56 Å². The van der Waals surface area contributed by atoms with E-state index in [0.717, 1.165) is 25.2 Å². The van der Waals surface area contributed by atoms with Crippen molar-refractivity contribution in [3.63, 3.8) is 0 Å². The molecule has 0 amide bonds. The van der Waals surface area contributed by atoms with Crippen molar-refractivity contribution in [1.29, 1.82) is 0 Å². The lowest BCUT2D eigenvalue weighted by Gasteiger charge is -2.04. The van der Waals surface area contributed by atoms with Crippen molar-refractivity contribution in [2.24, 2.45) is 0 Å². The van der Waals surface area contributed by atoms with Crippen LogP contribution in [0.2, 0.25) is 0 Å². The number of aliphatic hydroxyl groups is 1. The van der Waals surface area contributed by atoms with Crippen LogP contribution in [0, 0.1) is 0 Å². The number of hydrogen-bond donors (Lipinski definition) is 2. The maximum absolute atomic E-state index is 9.67. The Kier molecular flexibility index (Phi) is 19.6. The van der Waals surface area contributed by atoms with Gasteiger partial charge < -0.3 is 14.9 Å².